The van der Waals surface area contributed by atoms with Crippen molar-refractivity contribution in [3.8, 4) is 11.8 Å². The Morgan fingerprint density at radius 3 is 2.55 bits per heavy atom. The van der Waals surface area contributed by atoms with Gasteiger partial charge < -0.3 is 15.8 Å². The zero-order chi connectivity index (χ0) is 14.4. The molecule has 2 rings (SSSR count). The van der Waals surface area contributed by atoms with Gasteiger partial charge in [0, 0.05) is 11.4 Å². The quantitative estimate of drug-likeness (QED) is 0.833. The topological polar surface area (TPSA) is 88.1 Å². The van der Waals surface area contributed by atoms with Gasteiger partial charge in [0.25, 0.3) is 5.91 Å². The number of ether oxygens (including phenoxy) is 1. The number of carbonyl (C=O) groups excluding carboxylic acids is 1. The molecule has 5 heteroatoms. The van der Waals surface area contributed by atoms with Gasteiger partial charge in [0.2, 0.25) is 0 Å². The van der Waals surface area contributed by atoms with Crippen LogP contribution in [0.4, 0.5) is 11.4 Å². The predicted molar refractivity (Wildman–Crippen MR) is 76.4 cm³/mol. The van der Waals surface area contributed by atoms with Gasteiger partial charge in [-0.2, -0.15) is 5.26 Å². The van der Waals surface area contributed by atoms with Crippen molar-refractivity contribution in [2.24, 2.45) is 0 Å². The molecule has 1 amide bonds. The molecule has 0 fully saturated rings. The number of benzene rings is 2. The second kappa shape index (κ2) is 6.25. The molecule has 0 bridgehead atoms. The average molecular weight is 267 g/mol. The fourth-order valence-corrected chi connectivity index (χ4v) is 1.65. The smallest absolute Gasteiger partial charge is 0.257 e. The molecule has 2 aromatic carbocycles. The monoisotopic (exact) mass is 267 g/mol. The Balaban J connectivity index is 2.05. The minimum Gasteiger partial charge on any atom is -0.479 e. The average Bonchev–Trinajstić information content (AvgIpc) is 2.47. The van der Waals surface area contributed by atoms with Crippen LogP contribution in [0.2, 0.25) is 0 Å². The molecular formula is C15H13N3O2. The third-order valence-electron chi connectivity index (χ3n) is 2.62. The van der Waals surface area contributed by atoms with Crippen molar-refractivity contribution in [1.29, 1.82) is 5.26 Å². The zero-order valence-electron chi connectivity index (χ0n) is 10.7. The number of nitriles is 1. The van der Waals surface area contributed by atoms with E-state index in [0.29, 0.717) is 22.7 Å². The summed E-state index contributed by atoms with van der Waals surface area (Å²) in [5.41, 5.74) is 7.23. The Bertz CT molecular complexity index is 645. The first-order chi connectivity index (χ1) is 9.70. The van der Waals surface area contributed by atoms with E-state index in [1.54, 1.807) is 48.5 Å². The summed E-state index contributed by atoms with van der Waals surface area (Å²) >= 11 is 0. The van der Waals surface area contributed by atoms with Gasteiger partial charge in [0.05, 0.1) is 5.56 Å². The lowest BCUT2D eigenvalue weighted by atomic mass is 10.1. The van der Waals surface area contributed by atoms with Crippen LogP contribution in [0.5, 0.6) is 5.75 Å². The molecule has 0 saturated carbocycles. The van der Waals surface area contributed by atoms with E-state index in [9.17, 15) is 4.79 Å². The summed E-state index contributed by atoms with van der Waals surface area (Å²) in [6, 6.07) is 15.5. The molecule has 0 aliphatic carbocycles. The van der Waals surface area contributed by atoms with E-state index in [1.807, 2.05) is 6.07 Å². The molecule has 0 unspecified atom stereocenters. The SMILES string of the molecule is N#CCOc1ccc(NC(=O)c2ccccc2N)cc1. The van der Waals surface area contributed by atoms with Crippen molar-refractivity contribution >= 4 is 17.3 Å². The molecule has 0 radical (unpaired) electrons. The lowest BCUT2D eigenvalue weighted by Gasteiger charge is -2.08. The number of carbonyl (C=O) groups is 1. The van der Waals surface area contributed by atoms with Crippen LogP contribution in [0.1, 0.15) is 10.4 Å². The van der Waals surface area contributed by atoms with E-state index < -0.39 is 0 Å². The van der Waals surface area contributed by atoms with E-state index in [0.717, 1.165) is 0 Å². The van der Waals surface area contributed by atoms with Crippen LogP contribution < -0.4 is 15.8 Å². The lowest BCUT2D eigenvalue weighted by Crippen LogP contribution is -2.13. The molecule has 0 spiro atoms. The van der Waals surface area contributed by atoms with Crippen LogP contribution in [0, 0.1) is 11.3 Å². The molecule has 100 valence electrons. The number of nitrogens with zero attached hydrogens (tertiary/aromatic N) is 1. The molecule has 2 aromatic rings. The summed E-state index contributed by atoms with van der Waals surface area (Å²) in [6.07, 6.45) is 0. The van der Waals surface area contributed by atoms with Crippen LogP contribution >= 0.6 is 0 Å². The second-order valence-electron chi connectivity index (χ2n) is 4.01. The van der Waals surface area contributed by atoms with Gasteiger partial charge in [-0.1, -0.05) is 12.1 Å². The Hall–Kier alpha value is -3.00. The van der Waals surface area contributed by atoms with E-state index >= 15 is 0 Å². The molecule has 0 heterocycles. The number of nitrogens with one attached hydrogen (secondary N) is 1. The molecule has 0 saturated heterocycles. The highest BCUT2D eigenvalue weighted by Crippen LogP contribution is 2.18. The van der Waals surface area contributed by atoms with Gasteiger partial charge in [-0.05, 0) is 36.4 Å². The van der Waals surface area contributed by atoms with Gasteiger partial charge >= 0.3 is 0 Å². The Morgan fingerprint density at radius 2 is 1.90 bits per heavy atom. The van der Waals surface area contributed by atoms with Gasteiger partial charge in [0.15, 0.2) is 6.61 Å². The summed E-state index contributed by atoms with van der Waals surface area (Å²) in [6.45, 7) is -0.00768. The number of amides is 1. The van der Waals surface area contributed by atoms with Crippen molar-refractivity contribution in [2.45, 2.75) is 0 Å². The minimum absolute atomic E-state index is 0.00768. The largest absolute Gasteiger partial charge is 0.479 e. The number of hydrogen-bond acceptors (Lipinski definition) is 4. The van der Waals surface area contributed by atoms with Crippen LogP contribution in [0.3, 0.4) is 0 Å². The normalized spacial score (nSPS) is 9.55. The number of nitrogens with two attached hydrogens (primary N) is 1. The maximum absolute atomic E-state index is 12.0. The second-order valence-corrected chi connectivity index (χ2v) is 4.01. The number of anilines is 2. The summed E-state index contributed by atoms with van der Waals surface area (Å²) in [5.74, 6) is 0.303. The maximum atomic E-state index is 12.0. The molecule has 0 aromatic heterocycles. The Morgan fingerprint density at radius 1 is 1.20 bits per heavy atom. The van der Waals surface area contributed by atoms with Gasteiger partial charge in [0.1, 0.15) is 11.8 Å². The Labute approximate surface area is 116 Å². The summed E-state index contributed by atoms with van der Waals surface area (Å²) in [4.78, 5) is 12.0. The number of para-hydroxylation sites is 1. The van der Waals surface area contributed by atoms with Gasteiger partial charge in [-0.15, -0.1) is 0 Å². The van der Waals surface area contributed by atoms with Crippen LogP contribution in [-0.4, -0.2) is 12.5 Å². The van der Waals surface area contributed by atoms with Crippen LogP contribution in [0.15, 0.2) is 48.5 Å². The first-order valence-electron chi connectivity index (χ1n) is 5.96. The zero-order valence-corrected chi connectivity index (χ0v) is 10.7. The standard InChI is InChI=1S/C15H13N3O2/c16-9-10-20-12-7-5-11(6-8-12)18-15(19)13-3-1-2-4-14(13)17/h1-8H,10,17H2,(H,18,19). The van der Waals surface area contributed by atoms with Crippen molar-refractivity contribution in [1.82, 2.24) is 0 Å². The molecule has 3 N–H and O–H groups in total. The predicted octanol–water partition coefficient (Wildman–Crippen LogP) is 2.42. The van der Waals surface area contributed by atoms with Crippen molar-refractivity contribution < 1.29 is 9.53 Å². The fraction of sp³-hybridized carbons (Fsp3) is 0.0667. The highest BCUT2D eigenvalue weighted by molar-refractivity contribution is 6.07. The highest BCUT2D eigenvalue weighted by Gasteiger charge is 2.08. The summed E-state index contributed by atoms with van der Waals surface area (Å²) < 4.78 is 5.13. The third-order valence-corrected chi connectivity index (χ3v) is 2.62. The maximum Gasteiger partial charge on any atom is 0.257 e. The van der Waals surface area contributed by atoms with Crippen molar-refractivity contribution in [3.63, 3.8) is 0 Å². The van der Waals surface area contributed by atoms with E-state index in [-0.39, 0.29) is 12.5 Å². The molecule has 0 atom stereocenters. The van der Waals surface area contributed by atoms with E-state index in [4.69, 9.17) is 15.7 Å². The van der Waals surface area contributed by atoms with Crippen LogP contribution in [-0.2, 0) is 0 Å². The fourth-order valence-electron chi connectivity index (χ4n) is 1.65. The highest BCUT2D eigenvalue weighted by atomic mass is 16.5. The molecule has 0 aliphatic rings. The number of nitrogen functional groups attached to an aromatic ring is 1. The molecule has 0 aliphatic heterocycles. The van der Waals surface area contributed by atoms with E-state index in [1.165, 1.54) is 0 Å². The number of rotatable bonds is 4. The molecule has 20 heavy (non-hydrogen) atoms. The molecule has 5 nitrogen and oxygen atoms in total. The summed E-state index contributed by atoms with van der Waals surface area (Å²) in [5, 5.41) is 11.2. The van der Waals surface area contributed by atoms with Gasteiger partial charge in [-0.3, -0.25) is 4.79 Å². The van der Waals surface area contributed by atoms with Gasteiger partial charge in [-0.25, -0.2) is 0 Å². The first kappa shape index (κ1) is 13.4. The lowest BCUT2D eigenvalue weighted by molar-refractivity contribution is 0.102. The summed E-state index contributed by atoms with van der Waals surface area (Å²) in [7, 11) is 0. The van der Waals surface area contributed by atoms with E-state index in [2.05, 4.69) is 5.32 Å². The van der Waals surface area contributed by atoms with Crippen LogP contribution in [0.25, 0.3) is 0 Å². The molecular weight excluding hydrogens is 254 g/mol. The van der Waals surface area contributed by atoms with Crippen molar-refractivity contribution in [2.75, 3.05) is 17.7 Å². The third kappa shape index (κ3) is 3.27. The van der Waals surface area contributed by atoms with Crippen molar-refractivity contribution in [3.05, 3.63) is 54.1 Å². The minimum atomic E-state index is -0.270. The first-order valence-corrected chi connectivity index (χ1v) is 5.96. The Kier molecular flexibility index (Phi) is 4.20. The number of hydrogen-bond donors (Lipinski definition) is 2.